The molecule has 0 saturated heterocycles. The van der Waals surface area contributed by atoms with Gasteiger partial charge in [-0.05, 0) is 32.0 Å². The van der Waals surface area contributed by atoms with Crippen molar-refractivity contribution in [1.29, 1.82) is 0 Å². The quantitative estimate of drug-likeness (QED) is 0.782. The first kappa shape index (κ1) is 19.7. The number of aliphatic hydroxyl groups is 1. The standard InChI is InChI=1S/C20H19Cl2NO4/c1-3-27-16-7-5-4-6-13(16)11-23-18-15(22)9-8-14(21)17(18)20(26,19(23)25)10-12(2)24/h4-9,26H,3,10-11H2,1-2H3. The minimum atomic E-state index is -2.04. The maximum absolute atomic E-state index is 13.2. The fourth-order valence-corrected chi connectivity index (χ4v) is 3.97. The fourth-order valence-electron chi connectivity index (χ4n) is 3.41. The lowest BCUT2D eigenvalue weighted by Crippen LogP contribution is -2.41. The van der Waals surface area contributed by atoms with Crippen LogP contribution in [0.5, 0.6) is 5.75 Å². The summed E-state index contributed by atoms with van der Waals surface area (Å²) in [6.07, 6.45) is -0.373. The van der Waals surface area contributed by atoms with Gasteiger partial charge in [-0.3, -0.25) is 9.59 Å². The molecule has 1 N–H and O–H groups in total. The zero-order valence-electron chi connectivity index (χ0n) is 15.0. The van der Waals surface area contributed by atoms with Gasteiger partial charge in [0.25, 0.3) is 5.91 Å². The van der Waals surface area contributed by atoms with Crippen LogP contribution in [0.15, 0.2) is 36.4 Å². The van der Waals surface area contributed by atoms with Gasteiger partial charge < -0.3 is 14.7 Å². The second kappa shape index (κ2) is 7.50. The Balaban J connectivity index is 2.12. The van der Waals surface area contributed by atoms with Crippen molar-refractivity contribution in [2.75, 3.05) is 11.5 Å². The van der Waals surface area contributed by atoms with E-state index in [2.05, 4.69) is 0 Å². The van der Waals surface area contributed by atoms with Gasteiger partial charge in [0, 0.05) is 22.6 Å². The molecule has 1 unspecified atom stereocenters. The third-order valence-corrected chi connectivity index (χ3v) is 5.09. The lowest BCUT2D eigenvalue weighted by atomic mass is 9.90. The number of hydrogen-bond acceptors (Lipinski definition) is 4. The Hall–Kier alpha value is -2.08. The zero-order chi connectivity index (χ0) is 19.8. The van der Waals surface area contributed by atoms with Crippen LogP contribution in [0.2, 0.25) is 10.0 Å². The van der Waals surface area contributed by atoms with Crippen LogP contribution in [0.1, 0.15) is 31.4 Å². The number of nitrogens with zero attached hydrogens (tertiary/aromatic N) is 1. The molecule has 1 atom stereocenters. The van der Waals surface area contributed by atoms with Crippen molar-refractivity contribution in [3.63, 3.8) is 0 Å². The first-order valence-corrected chi connectivity index (χ1v) is 9.28. The van der Waals surface area contributed by atoms with Gasteiger partial charge in [0.15, 0.2) is 5.60 Å². The molecular weight excluding hydrogens is 389 g/mol. The summed E-state index contributed by atoms with van der Waals surface area (Å²) < 4.78 is 5.63. The monoisotopic (exact) mass is 407 g/mol. The average Bonchev–Trinajstić information content (AvgIpc) is 2.82. The molecule has 0 aromatic heterocycles. The summed E-state index contributed by atoms with van der Waals surface area (Å²) in [6, 6.07) is 10.4. The summed E-state index contributed by atoms with van der Waals surface area (Å²) in [4.78, 5) is 26.3. The van der Waals surface area contributed by atoms with E-state index >= 15 is 0 Å². The zero-order valence-corrected chi connectivity index (χ0v) is 16.5. The highest BCUT2D eigenvalue weighted by Crippen LogP contribution is 2.50. The molecule has 0 radical (unpaired) electrons. The molecule has 0 saturated carbocycles. The van der Waals surface area contributed by atoms with E-state index in [-0.39, 0.29) is 34.4 Å². The number of halogens is 2. The third-order valence-electron chi connectivity index (χ3n) is 4.47. The minimum Gasteiger partial charge on any atom is -0.494 e. The topological polar surface area (TPSA) is 66.8 Å². The molecule has 1 aliphatic heterocycles. The Morgan fingerprint density at radius 3 is 2.52 bits per heavy atom. The van der Waals surface area contributed by atoms with E-state index in [4.69, 9.17) is 27.9 Å². The van der Waals surface area contributed by atoms with E-state index in [9.17, 15) is 14.7 Å². The summed E-state index contributed by atoms with van der Waals surface area (Å²) in [5.74, 6) is -0.326. The molecule has 2 aromatic rings. The molecule has 0 aliphatic carbocycles. The normalized spacial score (nSPS) is 18.6. The lowest BCUT2D eigenvalue weighted by molar-refractivity contribution is -0.141. The highest BCUT2D eigenvalue weighted by atomic mass is 35.5. The van der Waals surface area contributed by atoms with Crippen molar-refractivity contribution in [1.82, 2.24) is 0 Å². The van der Waals surface area contributed by atoms with E-state index in [1.807, 2.05) is 31.2 Å². The van der Waals surface area contributed by atoms with Crippen molar-refractivity contribution in [2.24, 2.45) is 0 Å². The van der Waals surface area contributed by atoms with Crippen molar-refractivity contribution in [3.8, 4) is 5.75 Å². The maximum Gasteiger partial charge on any atom is 0.264 e. The second-order valence-electron chi connectivity index (χ2n) is 6.42. The molecule has 7 heteroatoms. The molecule has 0 fully saturated rings. The van der Waals surface area contributed by atoms with Crippen LogP contribution in [-0.2, 0) is 21.7 Å². The number of para-hydroxylation sites is 1. The van der Waals surface area contributed by atoms with Crippen molar-refractivity contribution in [3.05, 3.63) is 57.6 Å². The number of ketones is 1. The molecule has 27 heavy (non-hydrogen) atoms. The van der Waals surface area contributed by atoms with Gasteiger partial charge in [0.1, 0.15) is 11.5 Å². The Bertz CT molecular complexity index is 915. The smallest absolute Gasteiger partial charge is 0.264 e. The van der Waals surface area contributed by atoms with Crippen LogP contribution in [0.4, 0.5) is 5.69 Å². The molecule has 3 rings (SSSR count). The van der Waals surface area contributed by atoms with Crippen LogP contribution >= 0.6 is 23.2 Å². The van der Waals surface area contributed by atoms with Crippen molar-refractivity contribution < 1.29 is 19.4 Å². The molecule has 1 aliphatic rings. The minimum absolute atomic E-state index is 0.127. The highest BCUT2D eigenvalue weighted by Gasteiger charge is 2.52. The van der Waals surface area contributed by atoms with Crippen molar-refractivity contribution >= 4 is 40.6 Å². The molecule has 0 spiro atoms. The number of ether oxygens (including phenoxy) is 1. The first-order chi connectivity index (χ1) is 12.8. The van der Waals surface area contributed by atoms with Gasteiger partial charge in [-0.15, -0.1) is 0 Å². The number of carbonyl (C=O) groups excluding carboxylic acids is 2. The number of Topliss-reactive ketones (excluding diaryl/α,β-unsaturated/α-hetero) is 1. The van der Waals surface area contributed by atoms with Crippen molar-refractivity contribution in [2.45, 2.75) is 32.4 Å². The van der Waals surface area contributed by atoms with Gasteiger partial charge in [-0.25, -0.2) is 0 Å². The number of rotatable bonds is 6. The third kappa shape index (κ3) is 3.43. The Kier molecular flexibility index (Phi) is 5.47. The highest BCUT2D eigenvalue weighted by molar-refractivity contribution is 6.38. The number of benzene rings is 2. The maximum atomic E-state index is 13.2. The largest absolute Gasteiger partial charge is 0.494 e. The SMILES string of the molecule is CCOc1ccccc1CN1C(=O)C(O)(CC(C)=O)c2c(Cl)ccc(Cl)c21. The Morgan fingerprint density at radius 1 is 1.19 bits per heavy atom. The van der Waals surface area contributed by atoms with Gasteiger partial charge in [-0.1, -0.05) is 41.4 Å². The van der Waals surface area contributed by atoms with E-state index in [1.54, 1.807) is 6.07 Å². The van der Waals surface area contributed by atoms with Gasteiger partial charge >= 0.3 is 0 Å². The van der Waals surface area contributed by atoms with Gasteiger partial charge in [0.2, 0.25) is 0 Å². The molecule has 2 aromatic carbocycles. The number of amides is 1. The van der Waals surface area contributed by atoms with Crippen LogP contribution in [0, 0.1) is 0 Å². The van der Waals surface area contributed by atoms with Gasteiger partial charge in [0.05, 0.1) is 23.9 Å². The molecule has 142 valence electrons. The fraction of sp³-hybridized carbons (Fsp3) is 0.300. The summed E-state index contributed by atoms with van der Waals surface area (Å²) >= 11 is 12.6. The number of hydrogen-bond donors (Lipinski definition) is 1. The van der Waals surface area contributed by atoms with Gasteiger partial charge in [-0.2, -0.15) is 0 Å². The second-order valence-corrected chi connectivity index (χ2v) is 7.24. The summed E-state index contributed by atoms with van der Waals surface area (Å²) in [5, 5.41) is 11.6. The molecule has 1 amide bonds. The average molecular weight is 408 g/mol. The van der Waals surface area contributed by atoms with E-state index < -0.39 is 11.5 Å². The number of carbonyl (C=O) groups is 2. The summed E-state index contributed by atoms with van der Waals surface area (Å²) in [6.45, 7) is 3.79. The molecular formula is C20H19Cl2NO4. The van der Waals surface area contributed by atoms with Crippen LogP contribution < -0.4 is 9.64 Å². The first-order valence-electron chi connectivity index (χ1n) is 8.52. The number of fused-ring (bicyclic) bond motifs is 1. The molecule has 0 bridgehead atoms. The Morgan fingerprint density at radius 2 is 1.85 bits per heavy atom. The number of anilines is 1. The summed E-state index contributed by atoms with van der Waals surface area (Å²) in [7, 11) is 0. The predicted molar refractivity (Wildman–Crippen MR) is 104 cm³/mol. The lowest BCUT2D eigenvalue weighted by Gasteiger charge is -2.23. The van der Waals surface area contributed by atoms with E-state index in [0.717, 1.165) is 5.56 Å². The van der Waals surface area contributed by atoms with E-state index in [0.29, 0.717) is 18.0 Å². The molecule has 5 nitrogen and oxygen atoms in total. The predicted octanol–water partition coefficient (Wildman–Crippen LogP) is 4.11. The summed E-state index contributed by atoms with van der Waals surface area (Å²) in [5.41, 5.74) is -0.791. The van der Waals surface area contributed by atoms with Crippen LogP contribution in [0.3, 0.4) is 0 Å². The molecule has 1 heterocycles. The van der Waals surface area contributed by atoms with Crippen LogP contribution in [-0.4, -0.2) is 23.4 Å². The van der Waals surface area contributed by atoms with Crippen LogP contribution in [0.25, 0.3) is 0 Å². The Labute approximate surface area is 167 Å². The van der Waals surface area contributed by atoms with E-state index in [1.165, 1.54) is 17.9 Å².